The number of nitrogen functional groups attached to an aromatic ring is 1. The van der Waals surface area contributed by atoms with Crippen molar-refractivity contribution in [1.82, 2.24) is 0 Å². The summed E-state index contributed by atoms with van der Waals surface area (Å²) >= 11 is 2.15. The summed E-state index contributed by atoms with van der Waals surface area (Å²) < 4.78 is 1.02. The first-order valence-electron chi connectivity index (χ1n) is 3.88. The van der Waals surface area contributed by atoms with Crippen molar-refractivity contribution in [2.45, 2.75) is 13.3 Å². The summed E-state index contributed by atoms with van der Waals surface area (Å²) in [4.78, 5) is 10.7. The third-order valence-electron chi connectivity index (χ3n) is 1.88. The van der Waals surface area contributed by atoms with Crippen LogP contribution in [0.5, 0.6) is 0 Å². The van der Waals surface area contributed by atoms with E-state index >= 15 is 0 Å². The maximum absolute atomic E-state index is 10.7. The molecule has 3 N–H and O–H groups in total. The molecule has 0 aliphatic carbocycles. The van der Waals surface area contributed by atoms with Crippen LogP contribution in [0.2, 0.25) is 0 Å². The van der Waals surface area contributed by atoms with E-state index in [0.29, 0.717) is 5.69 Å². The van der Waals surface area contributed by atoms with Gasteiger partial charge in [-0.15, -0.1) is 0 Å². The van der Waals surface area contributed by atoms with Gasteiger partial charge in [-0.3, -0.25) is 0 Å². The average molecular weight is 291 g/mol. The molecule has 0 heterocycles. The van der Waals surface area contributed by atoms with Crippen molar-refractivity contribution in [2.24, 2.45) is 0 Å². The molecule has 1 rings (SSSR count). The van der Waals surface area contributed by atoms with E-state index in [9.17, 15) is 4.79 Å². The van der Waals surface area contributed by atoms with Gasteiger partial charge in [0.1, 0.15) is 0 Å². The molecule has 0 bridgehead atoms. The number of carboxylic acid groups (broad SMARTS) is 1. The maximum Gasteiger partial charge on any atom is 0.337 e. The quantitative estimate of drug-likeness (QED) is 0.648. The van der Waals surface area contributed by atoms with Crippen LogP contribution in [-0.4, -0.2) is 11.1 Å². The highest BCUT2D eigenvalue weighted by Crippen LogP contribution is 2.23. The van der Waals surface area contributed by atoms with Crippen LogP contribution in [0.15, 0.2) is 12.1 Å². The van der Waals surface area contributed by atoms with Crippen LogP contribution in [-0.2, 0) is 6.42 Å². The molecular weight excluding hydrogens is 281 g/mol. The molecule has 70 valence electrons. The molecule has 0 saturated heterocycles. The summed E-state index contributed by atoms with van der Waals surface area (Å²) in [5.41, 5.74) is 7.21. The van der Waals surface area contributed by atoms with Gasteiger partial charge in [0.05, 0.1) is 11.3 Å². The largest absolute Gasteiger partial charge is 0.478 e. The van der Waals surface area contributed by atoms with Gasteiger partial charge in [0.15, 0.2) is 0 Å². The van der Waals surface area contributed by atoms with E-state index in [-0.39, 0.29) is 5.56 Å². The standard InChI is InChI=1S/C9H10INO2/c1-2-5-7(10)4-3-6(8(5)11)9(12)13/h3-4H,2,11H2,1H3,(H,12,13). The number of aromatic carboxylic acids is 1. The Bertz CT molecular complexity index is 350. The number of carboxylic acids is 1. The highest BCUT2D eigenvalue weighted by atomic mass is 127. The molecule has 0 aliphatic rings. The summed E-state index contributed by atoms with van der Waals surface area (Å²) in [5.74, 6) is -0.969. The topological polar surface area (TPSA) is 63.3 Å². The van der Waals surface area contributed by atoms with Crippen LogP contribution in [0, 0.1) is 3.57 Å². The lowest BCUT2D eigenvalue weighted by molar-refractivity contribution is 0.0698. The molecule has 0 aromatic heterocycles. The zero-order valence-corrected chi connectivity index (χ0v) is 9.33. The molecule has 0 atom stereocenters. The Balaban J connectivity index is 3.35. The Morgan fingerprint density at radius 1 is 1.62 bits per heavy atom. The predicted molar refractivity (Wildman–Crippen MR) is 59.9 cm³/mol. The molecule has 0 amide bonds. The fourth-order valence-electron chi connectivity index (χ4n) is 1.18. The molecule has 3 nitrogen and oxygen atoms in total. The van der Waals surface area contributed by atoms with Gasteiger partial charge in [0.2, 0.25) is 0 Å². The van der Waals surface area contributed by atoms with Gasteiger partial charge in [-0.05, 0) is 46.7 Å². The molecule has 0 spiro atoms. The molecule has 0 saturated carbocycles. The molecule has 1 aromatic carbocycles. The molecule has 0 radical (unpaired) electrons. The number of benzene rings is 1. The summed E-state index contributed by atoms with van der Waals surface area (Å²) in [6.45, 7) is 1.96. The molecule has 1 aromatic rings. The van der Waals surface area contributed by atoms with Crippen LogP contribution in [0.3, 0.4) is 0 Å². The van der Waals surface area contributed by atoms with Crippen LogP contribution in [0.25, 0.3) is 0 Å². The summed E-state index contributed by atoms with van der Waals surface area (Å²) in [5, 5.41) is 8.79. The maximum atomic E-state index is 10.7. The van der Waals surface area contributed by atoms with Crippen molar-refractivity contribution < 1.29 is 9.90 Å². The number of nitrogens with two attached hydrogens (primary N) is 1. The fourth-order valence-corrected chi connectivity index (χ4v) is 2.04. The zero-order chi connectivity index (χ0) is 10.0. The molecule has 13 heavy (non-hydrogen) atoms. The number of hydrogen-bond acceptors (Lipinski definition) is 2. The third kappa shape index (κ3) is 1.93. The Labute approximate surface area is 90.1 Å². The Morgan fingerprint density at radius 3 is 2.69 bits per heavy atom. The minimum Gasteiger partial charge on any atom is -0.478 e. The van der Waals surface area contributed by atoms with Crippen LogP contribution >= 0.6 is 22.6 Å². The summed E-state index contributed by atoms with van der Waals surface area (Å²) in [6.07, 6.45) is 0.755. The van der Waals surface area contributed by atoms with Gasteiger partial charge in [-0.1, -0.05) is 6.92 Å². The first-order chi connectivity index (χ1) is 6.07. The molecule has 0 fully saturated rings. The Morgan fingerprint density at radius 2 is 2.23 bits per heavy atom. The normalized spacial score (nSPS) is 10.0. The first kappa shape index (κ1) is 10.3. The van der Waals surface area contributed by atoms with Crippen molar-refractivity contribution in [3.63, 3.8) is 0 Å². The third-order valence-corrected chi connectivity index (χ3v) is 2.89. The van der Waals surface area contributed by atoms with E-state index < -0.39 is 5.97 Å². The number of hydrogen-bond donors (Lipinski definition) is 2. The molecular formula is C9H10INO2. The van der Waals surface area contributed by atoms with Crippen molar-refractivity contribution in [3.8, 4) is 0 Å². The van der Waals surface area contributed by atoms with Crippen LogP contribution in [0.1, 0.15) is 22.8 Å². The Hall–Kier alpha value is -0.780. The lowest BCUT2D eigenvalue weighted by Crippen LogP contribution is -2.06. The highest BCUT2D eigenvalue weighted by Gasteiger charge is 2.12. The van der Waals surface area contributed by atoms with Crippen LogP contribution < -0.4 is 5.73 Å². The second-order valence-electron chi connectivity index (χ2n) is 2.65. The highest BCUT2D eigenvalue weighted by molar-refractivity contribution is 14.1. The smallest absolute Gasteiger partial charge is 0.337 e. The number of carbonyl (C=O) groups is 1. The van der Waals surface area contributed by atoms with Gasteiger partial charge < -0.3 is 10.8 Å². The van der Waals surface area contributed by atoms with E-state index in [1.807, 2.05) is 6.92 Å². The lowest BCUT2D eigenvalue weighted by Gasteiger charge is -2.08. The van der Waals surface area contributed by atoms with Crippen molar-refractivity contribution >= 4 is 34.2 Å². The van der Waals surface area contributed by atoms with Gasteiger partial charge >= 0.3 is 5.97 Å². The first-order valence-corrected chi connectivity index (χ1v) is 4.96. The number of halogens is 1. The minimum absolute atomic E-state index is 0.192. The predicted octanol–water partition coefficient (Wildman–Crippen LogP) is 2.13. The molecule has 0 aliphatic heterocycles. The van der Waals surface area contributed by atoms with E-state index in [4.69, 9.17) is 10.8 Å². The zero-order valence-electron chi connectivity index (χ0n) is 7.17. The second kappa shape index (κ2) is 3.95. The number of anilines is 1. The van der Waals surface area contributed by atoms with E-state index in [0.717, 1.165) is 15.6 Å². The fraction of sp³-hybridized carbons (Fsp3) is 0.222. The van der Waals surface area contributed by atoms with Gasteiger partial charge in [0.25, 0.3) is 0 Å². The van der Waals surface area contributed by atoms with Crippen molar-refractivity contribution in [3.05, 3.63) is 26.8 Å². The number of rotatable bonds is 2. The van der Waals surface area contributed by atoms with E-state index in [1.165, 1.54) is 0 Å². The van der Waals surface area contributed by atoms with Gasteiger partial charge in [0, 0.05) is 3.57 Å². The molecule has 4 heteroatoms. The Kier molecular flexibility index (Phi) is 3.13. The minimum atomic E-state index is -0.969. The monoisotopic (exact) mass is 291 g/mol. The summed E-state index contributed by atoms with van der Waals surface area (Å²) in [7, 11) is 0. The van der Waals surface area contributed by atoms with Gasteiger partial charge in [-0.25, -0.2) is 4.79 Å². The SMILES string of the molecule is CCc1c(I)ccc(C(=O)O)c1N. The molecule has 0 unspecified atom stereocenters. The lowest BCUT2D eigenvalue weighted by atomic mass is 10.1. The summed E-state index contributed by atoms with van der Waals surface area (Å²) in [6, 6.07) is 3.32. The average Bonchev–Trinajstić information content (AvgIpc) is 2.04. The van der Waals surface area contributed by atoms with Crippen LogP contribution in [0.4, 0.5) is 5.69 Å². The van der Waals surface area contributed by atoms with E-state index in [1.54, 1.807) is 12.1 Å². The van der Waals surface area contributed by atoms with E-state index in [2.05, 4.69) is 22.6 Å². The van der Waals surface area contributed by atoms with Gasteiger partial charge in [-0.2, -0.15) is 0 Å². The van der Waals surface area contributed by atoms with Crippen molar-refractivity contribution in [1.29, 1.82) is 0 Å². The van der Waals surface area contributed by atoms with Crippen molar-refractivity contribution in [2.75, 3.05) is 5.73 Å². The second-order valence-corrected chi connectivity index (χ2v) is 3.81.